The molecule has 0 aliphatic heterocycles. The molecule has 0 saturated carbocycles. The van der Waals surface area contributed by atoms with Gasteiger partial charge < -0.3 is 15.2 Å². The van der Waals surface area contributed by atoms with Crippen molar-refractivity contribution >= 4 is 29.2 Å². The lowest BCUT2D eigenvalue weighted by atomic mass is 10.1. The first-order valence-electron chi connectivity index (χ1n) is 8.00. The number of nitro groups is 1. The summed E-state index contributed by atoms with van der Waals surface area (Å²) in [6.07, 6.45) is -1.02. The van der Waals surface area contributed by atoms with Crippen LogP contribution in [0.1, 0.15) is 39.3 Å². The first-order chi connectivity index (χ1) is 12.8. The van der Waals surface area contributed by atoms with Gasteiger partial charge >= 0.3 is 5.97 Å². The maximum Gasteiger partial charge on any atom is 0.338 e. The largest absolute Gasteiger partial charge is 0.462 e. The second kappa shape index (κ2) is 9.11. The highest BCUT2D eigenvalue weighted by molar-refractivity contribution is 6.30. The number of hydrogen-bond donors (Lipinski definition) is 2. The number of aliphatic hydroxyl groups is 1. The Hall–Kier alpha value is -2.97. The van der Waals surface area contributed by atoms with Gasteiger partial charge in [-0.3, -0.25) is 14.9 Å². The minimum absolute atomic E-state index is 0.0921. The van der Waals surface area contributed by atoms with E-state index in [1.54, 1.807) is 31.2 Å². The summed E-state index contributed by atoms with van der Waals surface area (Å²) in [5.41, 5.74) is -0.104. The molecule has 0 bridgehead atoms. The van der Waals surface area contributed by atoms with Gasteiger partial charge in [0.1, 0.15) is 0 Å². The zero-order valence-corrected chi connectivity index (χ0v) is 15.1. The molecule has 27 heavy (non-hydrogen) atoms. The standard InChI is InChI=1S/C18H17ClN2O6/c1-2-27-18(24)13-6-12(8-15(9-13)21(25)26)17(23)20-10-16(22)11-4-3-5-14(19)7-11/h3-9,16,22H,2,10H2,1H3,(H,20,23)/t16-/m0/s1. The highest BCUT2D eigenvalue weighted by atomic mass is 35.5. The number of nitro benzene ring substituents is 1. The Balaban J connectivity index is 2.17. The summed E-state index contributed by atoms with van der Waals surface area (Å²) in [6.45, 7) is 1.55. The summed E-state index contributed by atoms with van der Waals surface area (Å²) in [5.74, 6) is -1.44. The molecule has 0 unspecified atom stereocenters. The molecule has 0 fully saturated rings. The van der Waals surface area contributed by atoms with Crippen LogP contribution in [0, 0.1) is 10.1 Å². The predicted molar refractivity (Wildman–Crippen MR) is 97.8 cm³/mol. The molecule has 1 atom stereocenters. The van der Waals surface area contributed by atoms with E-state index in [2.05, 4.69) is 5.32 Å². The normalized spacial score (nSPS) is 11.5. The van der Waals surface area contributed by atoms with Gasteiger partial charge in [-0.25, -0.2) is 4.79 Å². The molecule has 0 aromatic heterocycles. The number of amides is 1. The van der Waals surface area contributed by atoms with E-state index in [0.717, 1.165) is 12.1 Å². The minimum Gasteiger partial charge on any atom is -0.462 e. The van der Waals surface area contributed by atoms with Gasteiger partial charge in [0.15, 0.2) is 0 Å². The van der Waals surface area contributed by atoms with E-state index in [0.29, 0.717) is 10.6 Å². The van der Waals surface area contributed by atoms with Crippen molar-refractivity contribution in [2.45, 2.75) is 13.0 Å². The van der Waals surface area contributed by atoms with Crippen molar-refractivity contribution < 1.29 is 24.4 Å². The van der Waals surface area contributed by atoms with Gasteiger partial charge in [0.25, 0.3) is 11.6 Å². The fourth-order valence-corrected chi connectivity index (χ4v) is 2.50. The predicted octanol–water partition coefficient (Wildman–Crippen LogP) is 2.89. The van der Waals surface area contributed by atoms with Crippen LogP contribution in [0.5, 0.6) is 0 Å². The Morgan fingerprint density at radius 3 is 2.59 bits per heavy atom. The number of aliphatic hydroxyl groups excluding tert-OH is 1. The van der Waals surface area contributed by atoms with Crippen molar-refractivity contribution in [1.29, 1.82) is 0 Å². The molecule has 2 aromatic carbocycles. The van der Waals surface area contributed by atoms with Crippen molar-refractivity contribution in [1.82, 2.24) is 5.32 Å². The third-order valence-electron chi connectivity index (χ3n) is 3.59. The summed E-state index contributed by atoms with van der Waals surface area (Å²) in [6, 6.07) is 9.80. The summed E-state index contributed by atoms with van der Waals surface area (Å²) in [7, 11) is 0. The van der Waals surface area contributed by atoms with Crippen LogP contribution < -0.4 is 5.32 Å². The SMILES string of the molecule is CCOC(=O)c1cc(C(=O)NC[C@H](O)c2cccc(Cl)c2)cc([N+](=O)[O-])c1. The Bertz CT molecular complexity index is 871. The third kappa shape index (κ3) is 5.50. The number of non-ortho nitro benzene ring substituents is 1. The second-order valence-electron chi connectivity index (χ2n) is 5.53. The first kappa shape index (κ1) is 20.3. The van der Waals surface area contributed by atoms with Crippen molar-refractivity contribution in [3.05, 3.63) is 74.3 Å². The van der Waals surface area contributed by atoms with Gasteiger partial charge in [-0.1, -0.05) is 23.7 Å². The van der Waals surface area contributed by atoms with Gasteiger partial charge in [-0.15, -0.1) is 0 Å². The van der Waals surface area contributed by atoms with Crippen molar-refractivity contribution in [3.8, 4) is 0 Å². The van der Waals surface area contributed by atoms with Crippen molar-refractivity contribution in [2.75, 3.05) is 13.2 Å². The maximum atomic E-state index is 12.3. The number of nitrogens with one attached hydrogen (secondary N) is 1. The lowest BCUT2D eigenvalue weighted by Gasteiger charge is -2.13. The molecule has 9 heteroatoms. The number of nitrogens with zero attached hydrogens (tertiary/aromatic N) is 1. The number of carbonyl (C=O) groups is 2. The Kier molecular flexibility index (Phi) is 6.86. The summed E-state index contributed by atoms with van der Waals surface area (Å²) < 4.78 is 4.82. The molecular weight excluding hydrogens is 376 g/mol. The Labute approximate surface area is 159 Å². The highest BCUT2D eigenvalue weighted by Gasteiger charge is 2.19. The second-order valence-corrected chi connectivity index (χ2v) is 5.96. The first-order valence-corrected chi connectivity index (χ1v) is 8.38. The van der Waals surface area contributed by atoms with Crippen LogP contribution in [0.3, 0.4) is 0 Å². The summed E-state index contributed by atoms with van der Waals surface area (Å²) in [5, 5.41) is 24.1. The molecule has 2 rings (SSSR count). The number of benzene rings is 2. The van der Waals surface area contributed by atoms with Crippen LogP contribution in [-0.4, -0.2) is 35.1 Å². The zero-order chi connectivity index (χ0) is 20.0. The molecule has 0 aliphatic carbocycles. The van der Waals surface area contributed by atoms with Gasteiger partial charge in [0.2, 0.25) is 0 Å². The van der Waals surface area contributed by atoms with Crippen LogP contribution >= 0.6 is 11.6 Å². The fourth-order valence-electron chi connectivity index (χ4n) is 2.30. The van der Waals surface area contributed by atoms with E-state index in [9.17, 15) is 24.8 Å². The van der Waals surface area contributed by atoms with Gasteiger partial charge in [-0.2, -0.15) is 0 Å². The molecule has 1 amide bonds. The van der Waals surface area contributed by atoms with E-state index in [4.69, 9.17) is 16.3 Å². The molecule has 0 spiro atoms. The molecule has 2 N–H and O–H groups in total. The zero-order valence-electron chi connectivity index (χ0n) is 14.3. The van der Waals surface area contributed by atoms with Crippen LogP contribution in [-0.2, 0) is 4.74 Å². The number of rotatable bonds is 7. The van der Waals surface area contributed by atoms with Crippen molar-refractivity contribution in [2.24, 2.45) is 0 Å². The topological polar surface area (TPSA) is 119 Å². The lowest BCUT2D eigenvalue weighted by molar-refractivity contribution is -0.384. The van der Waals surface area contributed by atoms with Gasteiger partial charge in [-0.05, 0) is 30.7 Å². The fraction of sp³-hybridized carbons (Fsp3) is 0.222. The number of ether oxygens (including phenoxy) is 1. The van der Waals surface area contributed by atoms with E-state index < -0.39 is 28.6 Å². The molecule has 142 valence electrons. The summed E-state index contributed by atoms with van der Waals surface area (Å²) in [4.78, 5) is 34.5. The Morgan fingerprint density at radius 2 is 1.96 bits per heavy atom. The number of esters is 1. The van der Waals surface area contributed by atoms with E-state index in [1.165, 1.54) is 6.07 Å². The van der Waals surface area contributed by atoms with E-state index >= 15 is 0 Å². The molecule has 0 heterocycles. The molecule has 0 aliphatic rings. The van der Waals surface area contributed by atoms with Gasteiger partial charge in [0.05, 0.1) is 23.2 Å². The average molecular weight is 393 g/mol. The maximum absolute atomic E-state index is 12.3. The van der Waals surface area contributed by atoms with E-state index in [-0.39, 0.29) is 24.3 Å². The lowest BCUT2D eigenvalue weighted by Crippen LogP contribution is -2.28. The average Bonchev–Trinajstić information content (AvgIpc) is 2.65. The van der Waals surface area contributed by atoms with Gasteiger partial charge in [0, 0.05) is 29.3 Å². The highest BCUT2D eigenvalue weighted by Crippen LogP contribution is 2.20. The monoisotopic (exact) mass is 392 g/mol. The summed E-state index contributed by atoms with van der Waals surface area (Å²) >= 11 is 5.86. The van der Waals surface area contributed by atoms with Crippen LogP contribution in [0.25, 0.3) is 0 Å². The quantitative estimate of drug-likeness (QED) is 0.425. The molecule has 8 nitrogen and oxygen atoms in total. The smallest absolute Gasteiger partial charge is 0.338 e. The number of hydrogen-bond acceptors (Lipinski definition) is 6. The Morgan fingerprint density at radius 1 is 1.26 bits per heavy atom. The molecule has 2 aromatic rings. The van der Waals surface area contributed by atoms with E-state index in [1.807, 2.05) is 0 Å². The molecular formula is C18H17ClN2O6. The minimum atomic E-state index is -1.02. The van der Waals surface area contributed by atoms with Crippen LogP contribution in [0.15, 0.2) is 42.5 Å². The van der Waals surface area contributed by atoms with Crippen molar-refractivity contribution in [3.63, 3.8) is 0 Å². The number of carbonyl (C=O) groups excluding carboxylic acids is 2. The third-order valence-corrected chi connectivity index (χ3v) is 3.83. The number of halogens is 1. The molecule has 0 saturated heterocycles. The van der Waals surface area contributed by atoms with Crippen LogP contribution in [0.2, 0.25) is 5.02 Å². The van der Waals surface area contributed by atoms with Crippen LogP contribution in [0.4, 0.5) is 5.69 Å². The molecule has 0 radical (unpaired) electrons.